The summed E-state index contributed by atoms with van der Waals surface area (Å²) in [6, 6.07) is 8.25. The van der Waals surface area contributed by atoms with Crippen LogP contribution in [0.15, 0.2) is 30.6 Å². The van der Waals surface area contributed by atoms with Crippen molar-refractivity contribution in [1.82, 2.24) is 24.5 Å². The minimum absolute atomic E-state index is 0.395. The Bertz CT molecular complexity index is 1040. The standard InChI is InChI=1S/C18H20N6/c1-10(2)12-6-5-7-13(21-12)14-8-11-16-15(20-9-24(16)4)18(19-3)23-17(11)22-14/h5-10H,1-4H3,(H2,19,22,23). The van der Waals surface area contributed by atoms with Gasteiger partial charge in [0.05, 0.1) is 23.2 Å². The summed E-state index contributed by atoms with van der Waals surface area (Å²) in [6.45, 7) is 4.30. The Balaban J connectivity index is 1.97. The molecule has 24 heavy (non-hydrogen) atoms. The van der Waals surface area contributed by atoms with E-state index < -0.39 is 0 Å². The fourth-order valence-corrected chi connectivity index (χ4v) is 3.03. The molecule has 4 rings (SSSR count). The van der Waals surface area contributed by atoms with Crippen molar-refractivity contribution in [1.29, 1.82) is 0 Å². The van der Waals surface area contributed by atoms with Crippen LogP contribution in [0.3, 0.4) is 0 Å². The van der Waals surface area contributed by atoms with Gasteiger partial charge >= 0.3 is 0 Å². The maximum absolute atomic E-state index is 4.77. The number of H-pyrrole nitrogens is 1. The van der Waals surface area contributed by atoms with Gasteiger partial charge in [-0.25, -0.2) is 9.97 Å². The van der Waals surface area contributed by atoms with Crippen molar-refractivity contribution in [2.24, 2.45) is 7.05 Å². The number of anilines is 1. The Morgan fingerprint density at radius 3 is 2.79 bits per heavy atom. The van der Waals surface area contributed by atoms with E-state index in [1.165, 1.54) is 0 Å². The van der Waals surface area contributed by atoms with Gasteiger partial charge in [0.25, 0.3) is 0 Å². The molecule has 4 aromatic heterocycles. The second kappa shape index (κ2) is 5.33. The van der Waals surface area contributed by atoms with Crippen LogP contribution in [0.25, 0.3) is 33.5 Å². The van der Waals surface area contributed by atoms with Crippen LogP contribution >= 0.6 is 0 Å². The maximum atomic E-state index is 4.77. The van der Waals surface area contributed by atoms with Crippen molar-refractivity contribution < 1.29 is 0 Å². The first kappa shape index (κ1) is 14.7. The summed E-state index contributed by atoms with van der Waals surface area (Å²) in [4.78, 5) is 17.3. The number of hydrogen-bond acceptors (Lipinski definition) is 4. The summed E-state index contributed by atoms with van der Waals surface area (Å²) in [6.07, 6.45) is 1.82. The molecule has 0 aliphatic heterocycles. The van der Waals surface area contributed by atoms with Gasteiger partial charge in [0.15, 0.2) is 5.82 Å². The third kappa shape index (κ3) is 2.14. The predicted octanol–water partition coefficient (Wildman–Crippen LogP) is 3.68. The fraction of sp³-hybridized carbons (Fsp3) is 0.278. The van der Waals surface area contributed by atoms with Crippen LogP contribution in [0.1, 0.15) is 25.5 Å². The van der Waals surface area contributed by atoms with Gasteiger partial charge in [0.1, 0.15) is 11.2 Å². The molecule has 0 atom stereocenters. The van der Waals surface area contributed by atoms with Crippen molar-refractivity contribution in [3.05, 3.63) is 36.3 Å². The van der Waals surface area contributed by atoms with E-state index in [0.29, 0.717) is 5.92 Å². The molecule has 0 saturated carbocycles. The first-order valence-electron chi connectivity index (χ1n) is 8.07. The number of aryl methyl sites for hydroxylation is 1. The fourth-order valence-electron chi connectivity index (χ4n) is 3.03. The predicted molar refractivity (Wildman–Crippen MR) is 97.2 cm³/mol. The lowest BCUT2D eigenvalue weighted by Gasteiger charge is -2.05. The van der Waals surface area contributed by atoms with E-state index in [-0.39, 0.29) is 0 Å². The Kier molecular flexibility index (Phi) is 3.26. The van der Waals surface area contributed by atoms with Gasteiger partial charge in [-0.05, 0) is 24.1 Å². The lowest BCUT2D eigenvalue weighted by atomic mass is 10.1. The number of imidazole rings is 1. The lowest BCUT2D eigenvalue weighted by molar-refractivity contribution is 0.824. The number of aromatic nitrogens is 5. The highest BCUT2D eigenvalue weighted by atomic mass is 15.1. The molecule has 0 bridgehead atoms. The van der Waals surface area contributed by atoms with Crippen LogP contribution in [0.2, 0.25) is 0 Å². The van der Waals surface area contributed by atoms with Gasteiger partial charge in [0.2, 0.25) is 0 Å². The highest BCUT2D eigenvalue weighted by Crippen LogP contribution is 2.31. The summed E-state index contributed by atoms with van der Waals surface area (Å²) in [5.41, 5.74) is 5.76. The molecule has 6 heteroatoms. The first-order chi connectivity index (χ1) is 11.6. The number of hydrogen-bond donors (Lipinski definition) is 2. The van der Waals surface area contributed by atoms with E-state index in [0.717, 1.165) is 45.0 Å². The highest BCUT2D eigenvalue weighted by molar-refractivity contribution is 6.07. The zero-order chi connectivity index (χ0) is 16.8. The Morgan fingerprint density at radius 2 is 2.04 bits per heavy atom. The molecule has 0 aromatic carbocycles. The second-order valence-corrected chi connectivity index (χ2v) is 6.31. The summed E-state index contributed by atoms with van der Waals surface area (Å²) in [7, 11) is 3.86. The molecule has 4 heterocycles. The van der Waals surface area contributed by atoms with Crippen LogP contribution in [-0.2, 0) is 7.05 Å². The van der Waals surface area contributed by atoms with Crippen molar-refractivity contribution in [2.75, 3.05) is 12.4 Å². The number of rotatable bonds is 3. The summed E-state index contributed by atoms with van der Waals surface area (Å²) >= 11 is 0. The third-order valence-electron chi connectivity index (χ3n) is 4.31. The number of aromatic amines is 1. The molecular formula is C18H20N6. The Labute approximate surface area is 140 Å². The summed E-state index contributed by atoms with van der Waals surface area (Å²) in [5.74, 6) is 1.17. The van der Waals surface area contributed by atoms with Gasteiger partial charge < -0.3 is 14.9 Å². The van der Waals surface area contributed by atoms with E-state index >= 15 is 0 Å². The smallest absolute Gasteiger partial charge is 0.156 e. The highest BCUT2D eigenvalue weighted by Gasteiger charge is 2.15. The lowest BCUT2D eigenvalue weighted by Crippen LogP contribution is -1.95. The van der Waals surface area contributed by atoms with Gasteiger partial charge in [-0.1, -0.05) is 19.9 Å². The molecule has 0 fully saturated rings. The molecule has 0 spiro atoms. The van der Waals surface area contributed by atoms with Gasteiger partial charge in [0, 0.05) is 25.2 Å². The topological polar surface area (TPSA) is 71.4 Å². The van der Waals surface area contributed by atoms with Crippen molar-refractivity contribution in [2.45, 2.75) is 19.8 Å². The van der Waals surface area contributed by atoms with Crippen LogP contribution in [0.4, 0.5) is 5.82 Å². The van der Waals surface area contributed by atoms with E-state index in [1.54, 1.807) is 0 Å². The quantitative estimate of drug-likeness (QED) is 0.604. The zero-order valence-corrected chi connectivity index (χ0v) is 14.3. The first-order valence-corrected chi connectivity index (χ1v) is 8.07. The summed E-state index contributed by atoms with van der Waals surface area (Å²) in [5, 5.41) is 4.18. The minimum atomic E-state index is 0.395. The molecule has 0 radical (unpaired) electrons. The van der Waals surface area contributed by atoms with Crippen molar-refractivity contribution >= 4 is 27.9 Å². The van der Waals surface area contributed by atoms with E-state index in [9.17, 15) is 0 Å². The van der Waals surface area contributed by atoms with E-state index in [4.69, 9.17) is 4.98 Å². The van der Waals surface area contributed by atoms with E-state index in [1.807, 2.05) is 31.1 Å². The van der Waals surface area contributed by atoms with Crippen molar-refractivity contribution in [3.63, 3.8) is 0 Å². The molecule has 0 aliphatic carbocycles. The normalized spacial score (nSPS) is 11.7. The third-order valence-corrected chi connectivity index (χ3v) is 4.31. The van der Waals surface area contributed by atoms with Gasteiger partial charge in [-0.3, -0.25) is 4.98 Å². The van der Waals surface area contributed by atoms with Crippen LogP contribution in [0, 0.1) is 0 Å². The number of fused-ring (bicyclic) bond motifs is 3. The number of nitrogens with zero attached hydrogens (tertiary/aromatic N) is 4. The molecule has 4 aromatic rings. The minimum Gasteiger partial charge on any atom is -0.371 e. The van der Waals surface area contributed by atoms with Crippen LogP contribution in [0.5, 0.6) is 0 Å². The SMILES string of the molecule is CNc1nc2[nH]c(-c3cccc(C(C)C)n3)cc2c2c1ncn2C. The van der Waals surface area contributed by atoms with Gasteiger partial charge in [-0.2, -0.15) is 0 Å². The Hall–Kier alpha value is -2.89. The summed E-state index contributed by atoms with van der Waals surface area (Å²) < 4.78 is 2.02. The average Bonchev–Trinajstić information content (AvgIpc) is 3.17. The molecule has 2 N–H and O–H groups in total. The van der Waals surface area contributed by atoms with Crippen LogP contribution in [-0.4, -0.2) is 31.6 Å². The molecule has 0 aliphatic rings. The maximum Gasteiger partial charge on any atom is 0.156 e. The molecule has 0 amide bonds. The molecule has 6 nitrogen and oxygen atoms in total. The van der Waals surface area contributed by atoms with Crippen LogP contribution < -0.4 is 5.32 Å². The van der Waals surface area contributed by atoms with E-state index in [2.05, 4.69) is 52.3 Å². The number of nitrogens with one attached hydrogen (secondary N) is 2. The molecular weight excluding hydrogens is 300 g/mol. The Morgan fingerprint density at radius 1 is 1.21 bits per heavy atom. The average molecular weight is 320 g/mol. The zero-order valence-electron chi connectivity index (χ0n) is 14.3. The van der Waals surface area contributed by atoms with Gasteiger partial charge in [-0.15, -0.1) is 0 Å². The van der Waals surface area contributed by atoms with Crippen molar-refractivity contribution in [3.8, 4) is 11.4 Å². The second-order valence-electron chi connectivity index (χ2n) is 6.31. The molecule has 0 unspecified atom stereocenters. The monoisotopic (exact) mass is 320 g/mol. The number of pyridine rings is 2. The largest absolute Gasteiger partial charge is 0.371 e. The molecule has 0 saturated heterocycles. The molecule has 122 valence electrons.